The summed E-state index contributed by atoms with van der Waals surface area (Å²) in [6, 6.07) is 8.93. The topological polar surface area (TPSA) is 113 Å². The molecule has 3 heterocycles. The molecule has 0 atom stereocenters. The van der Waals surface area contributed by atoms with E-state index in [0.29, 0.717) is 36.1 Å². The van der Waals surface area contributed by atoms with Crippen LogP contribution in [0.3, 0.4) is 0 Å². The van der Waals surface area contributed by atoms with E-state index in [1.165, 1.54) is 44.7 Å². The van der Waals surface area contributed by atoms with Gasteiger partial charge in [-0.3, -0.25) is 4.79 Å². The van der Waals surface area contributed by atoms with Crippen LogP contribution in [0.5, 0.6) is 23.0 Å². The van der Waals surface area contributed by atoms with Crippen LogP contribution in [0, 0.1) is 5.82 Å². The Hall–Kier alpha value is -3.95. The number of anilines is 1. The molecule has 10 heteroatoms. The lowest BCUT2D eigenvalue weighted by Crippen LogP contribution is -2.38. The summed E-state index contributed by atoms with van der Waals surface area (Å²) in [4.78, 5) is 19.0. The Morgan fingerprint density at radius 2 is 1.73 bits per heavy atom. The van der Waals surface area contributed by atoms with E-state index in [2.05, 4.69) is 15.2 Å². The summed E-state index contributed by atoms with van der Waals surface area (Å²) in [5, 5.41) is 8.14. The number of carbonyl (C=O) groups excluding carboxylic acids is 1. The SMILES string of the molecule is COc1cc(C(=O)N2CCC(c3cc(OC)c(N)nn3)CC2)ncc1Oc1ccc(F)cc1. The monoisotopic (exact) mass is 453 g/mol. The fourth-order valence-electron chi connectivity index (χ4n) is 3.71. The molecule has 1 aliphatic rings. The van der Waals surface area contributed by atoms with E-state index >= 15 is 0 Å². The molecule has 1 fully saturated rings. The number of benzene rings is 1. The molecule has 9 nitrogen and oxygen atoms in total. The molecule has 1 saturated heterocycles. The Morgan fingerprint density at radius 3 is 2.39 bits per heavy atom. The molecule has 0 saturated carbocycles. The Balaban J connectivity index is 1.42. The van der Waals surface area contributed by atoms with Gasteiger partial charge in [-0.2, -0.15) is 5.10 Å². The molecule has 2 aromatic heterocycles. The lowest BCUT2D eigenvalue weighted by Gasteiger charge is -2.31. The largest absolute Gasteiger partial charge is 0.493 e. The minimum Gasteiger partial charge on any atom is -0.493 e. The van der Waals surface area contributed by atoms with Gasteiger partial charge in [-0.15, -0.1) is 5.10 Å². The van der Waals surface area contributed by atoms with Crippen molar-refractivity contribution in [1.82, 2.24) is 20.1 Å². The van der Waals surface area contributed by atoms with E-state index in [9.17, 15) is 9.18 Å². The van der Waals surface area contributed by atoms with Crippen molar-refractivity contribution < 1.29 is 23.4 Å². The molecule has 4 rings (SSSR count). The molecule has 0 spiro atoms. The highest BCUT2D eigenvalue weighted by Crippen LogP contribution is 2.33. The zero-order valence-corrected chi connectivity index (χ0v) is 18.3. The fraction of sp³-hybridized carbons (Fsp3) is 0.304. The molecule has 1 amide bonds. The van der Waals surface area contributed by atoms with Gasteiger partial charge in [-0.1, -0.05) is 0 Å². The Kier molecular flexibility index (Phi) is 6.53. The highest BCUT2D eigenvalue weighted by molar-refractivity contribution is 5.93. The highest BCUT2D eigenvalue weighted by atomic mass is 19.1. The van der Waals surface area contributed by atoms with Gasteiger partial charge in [0.15, 0.2) is 23.1 Å². The normalized spacial score (nSPS) is 14.1. The number of rotatable bonds is 6. The number of piperidine rings is 1. The van der Waals surface area contributed by atoms with E-state index < -0.39 is 0 Å². The molecule has 0 aliphatic carbocycles. The van der Waals surface area contributed by atoms with Crippen molar-refractivity contribution in [3.05, 3.63) is 59.8 Å². The van der Waals surface area contributed by atoms with E-state index in [4.69, 9.17) is 19.9 Å². The number of halogens is 1. The van der Waals surface area contributed by atoms with Crippen molar-refractivity contribution >= 4 is 11.7 Å². The number of nitrogens with zero attached hydrogens (tertiary/aromatic N) is 4. The average molecular weight is 453 g/mol. The average Bonchev–Trinajstić information content (AvgIpc) is 2.85. The van der Waals surface area contributed by atoms with Gasteiger partial charge in [0, 0.05) is 31.1 Å². The summed E-state index contributed by atoms with van der Waals surface area (Å²) >= 11 is 0. The number of hydrogen-bond donors (Lipinski definition) is 1. The van der Waals surface area contributed by atoms with Crippen molar-refractivity contribution in [2.24, 2.45) is 0 Å². The zero-order valence-electron chi connectivity index (χ0n) is 18.3. The first-order valence-electron chi connectivity index (χ1n) is 10.4. The second-order valence-corrected chi connectivity index (χ2v) is 7.57. The molecule has 0 bridgehead atoms. The number of methoxy groups -OCH3 is 2. The molecule has 1 aromatic carbocycles. The lowest BCUT2D eigenvalue weighted by atomic mass is 9.93. The molecule has 172 valence electrons. The quantitative estimate of drug-likeness (QED) is 0.604. The lowest BCUT2D eigenvalue weighted by molar-refractivity contribution is 0.0705. The summed E-state index contributed by atoms with van der Waals surface area (Å²) in [5.74, 6) is 1.47. The third kappa shape index (κ3) is 4.94. The first-order chi connectivity index (χ1) is 16.0. The number of ether oxygens (including phenoxy) is 3. The van der Waals surface area contributed by atoms with E-state index in [1.54, 1.807) is 17.0 Å². The minimum absolute atomic E-state index is 0.157. The van der Waals surface area contributed by atoms with E-state index in [0.717, 1.165) is 18.5 Å². The van der Waals surface area contributed by atoms with Crippen LogP contribution in [0.25, 0.3) is 0 Å². The van der Waals surface area contributed by atoms with Gasteiger partial charge >= 0.3 is 0 Å². The highest BCUT2D eigenvalue weighted by Gasteiger charge is 2.27. The maximum Gasteiger partial charge on any atom is 0.272 e. The predicted molar refractivity (Wildman–Crippen MR) is 118 cm³/mol. The number of carbonyl (C=O) groups is 1. The van der Waals surface area contributed by atoms with Crippen LogP contribution in [0.4, 0.5) is 10.2 Å². The summed E-state index contributed by atoms with van der Waals surface area (Å²) in [5.41, 5.74) is 6.80. The number of pyridine rings is 1. The molecular formula is C23H24FN5O4. The predicted octanol–water partition coefficient (Wildman–Crippen LogP) is 3.42. The fourth-order valence-corrected chi connectivity index (χ4v) is 3.71. The molecule has 2 N–H and O–H groups in total. The molecular weight excluding hydrogens is 429 g/mol. The summed E-state index contributed by atoms with van der Waals surface area (Å²) in [7, 11) is 3.02. The van der Waals surface area contributed by atoms with Gasteiger partial charge in [0.25, 0.3) is 5.91 Å². The minimum atomic E-state index is -0.361. The number of nitrogens with two attached hydrogens (primary N) is 1. The maximum atomic E-state index is 13.1. The molecule has 0 radical (unpaired) electrons. The maximum absolute atomic E-state index is 13.1. The second-order valence-electron chi connectivity index (χ2n) is 7.57. The van der Waals surface area contributed by atoms with Gasteiger partial charge in [-0.05, 0) is 37.1 Å². The van der Waals surface area contributed by atoms with Crippen molar-refractivity contribution in [3.8, 4) is 23.0 Å². The van der Waals surface area contributed by atoms with Crippen molar-refractivity contribution in [2.45, 2.75) is 18.8 Å². The Bertz CT molecular complexity index is 1130. The Labute approximate surface area is 190 Å². The number of nitrogen functional groups attached to an aromatic ring is 1. The third-order valence-corrected chi connectivity index (χ3v) is 5.54. The van der Waals surface area contributed by atoms with Crippen molar-refractivity contribution in [2.75, 3.05) is 33.0 Å². The first kappa shape index (κ1) is 22.3. The van der Waals surface area contributed by atoms with Crippen LogP contribution in [0.1, 0.15) is 34.9 Å². The first-order valence-corrected chi connectivity index (χ1v) is 10.4. The third-order valence-electron chi connectivity index (χ3n) is 5.54. The van der Waals surface area contributed by atoms with Gasteiger partial charge in [-0.25, -0.2) is 9.37 Å². The summed E-state index contributed by atoms with van der Waals surface area (Å²) in [6.45, 7) is 1.10. The van der Waals surface area contributed by atoms with Crippen molar-refractivity contribution in [3.63, 3.8) is 0 Å². The standard InChI is InChI=1S/C23H24FN5O4/c1-31-19-12-18(26-13-21(19)33-16-5-3-15(24)4-6-16)23(30)29-9-7-14(8-10-29)17-11-20(32-2)22(25)28-27-17/h3-6,11-14H,7-10H2,1-2H3,(H2,25,28). The molecule has 3 aromatic rings. The van der Waals surface area contributed by atoms with E-state index in [-0.39, 0.29) is 29.2 Å². The second kappa shape index (κ2) is 9.68. The number of hydrogen-bond acceptors (Lipinski definition) is 8. The van der Waals surface area contributed by atoms with Crippen LogP contribution in [-0.2, 0) is 0 Å². The van der Waals surface area contributed by atoms with Gasteiger partial charge in [0.1, 0.15) is 17.3 Å². The summed E-state index contributed by atoms with van der Waals surface area (Å²) in [6.07, 6.45) is 2.89. The Morgan fingerprint density at radius 1 is 1.03 bits per heavy atom. The van der Waals surface area contributed by atoms with Gasteiger partial charge in [0.05, 0.1) is 26.1 Å². The van der Waals surface area contributed by atoms with Gasteiger partial charge < -0.3 is 24.8 Å². The van der Waals surface area contributed by atoms with Crippen molar-refractivity contribution in [1.29, 1.82) is 0 Å². The number of amides is 1. The molecule has 33 heavy (non-hydrogen) atoms. The van der Waals surface area contributed by atoms with E-state index in [1.807, 2.05) is 0 Å². The van der Waals surface area contributed by atoms with Crippen LogP contribution in [0.15, 0.2) is 42.6 Å². The zero-order chi connectivity index (χ0) is 23.4. The molecule has 0 unspecified atom stereocenters. The van der Waals surface area contributed by atoms with Crippen LogP contribution >= 0.6 is 0 Å². The van der Waals surface area contributed by atoms with Crippen LogP contribution in [-0.4, -0.2) is 53.3 Å². The van der Waals surface area contributed by atoms with Gasteiger partial charge in [0.2, 0.25) is 0 Å². The summed E-state index contributed by atoms with van der Waals surface area (Å²) < 4.78 is 29.4. The van der Waals surface area contributed by atoms with Crippen LogP contribution in [0.2, 0.25) is 0 Å². The van der Waals surface area contributed by atoms with Crippen LogP contribution < -0.4 is 19.9 Å². The molecule has 1 aliphatic heterocycles. The number of likely N-dealkylation sites (tertiary alicyclic amines) is 1. The smallest absolute Gasteiger partial charge is 0.272 e. The number of aromatic nitrogens is 3.